The molecule has 1 aliphatic heterocycles. The number of hydrogen-bond acceptors (Lipinski definition) is 3. The van der Waals surface area contributed by atoms with Gasteiger partial charge in [0.2, 0.25) is 0 Å². The minimum absolute atomic E-state index is 0.448. The number of nitrogens with two attached hydrogens (primary N) is 1. The molecule has 0 aliphatic carbocycles. The summed E-state index contributed by atoms with van der Waals surface area (Å²) in [5, 5.41) is 1.09. The average molecular weight is 430 g/mol. The Morgan fingerprint density at radius 1 is 1.06 bits per heavy atom. The number of hydrogen-bond donors (Lipinski definition) is 2. The fourth-order valence-corrected chi connectivity index (χ4v) is 4.29. The Labute approximate surface area is 189 Å². The summed E-state index contributed by atoms with van der Waals surface area (Å²) in [6, 6.07) is 12.7. The van der Waals surface area contributed by atoms with Gasteiger partial charge in [-0.2, -0.15) is 0 Å². The Morgan fingerprint density at radius 2 is 1.81 bits per heavy atom. The van der Waals surface area contributed by atoms with Gasteiger partial charge in [0.1, 0.15) is 0 Å². The smallest absolute Gasteiger partial charge is 0.250 e. The first-order valence-electron chi connectivity index (χ1n) is 11.1. The van der Waals surface area contributed by atoms with Crippen molar-refractivity contribution in [3.8, 4) is 0 Å². The van der Waals surface area contributed by atoms with Crippen LogP contribution in [0.15, 0.2) is 48.6 Å². The number of nitrogens with one attached hydrogen (secondary N) is 1. The first-order chi connectivity index (χ1) is 15.4. The monoisotopic (exact) mass is 429 g/mol. The number of ether oxygens (including phenoxy) is 1. The van der Waals surface area contributed by atoms with Crippen molar-refractivity contribution >= 4 is 33.6 Å². The highest BCUT2D eigenvalue weighted by atomic mass is 16.5. The molecule has 1 aromatic heterocycles. The number of fused-ring (bicyclic) bond motifs is 1. The molecule has 1 amide bonds. The third-order valence-corrected chi connectivity index (χ3v) is 6.40. The Bertz CT molecular complexity index is 1230. The van der Waals surface area contributed by atoms with Crippen LogP contribution in [0.3, 0.4) is 0 Å². The van der Waals surface area contributed by atoms with E-state index in [9.17, 15) is 4.79 Å². The zero-order valence-electron chi connectivity index (χ0n) is 19.3. The molecule has 0 saturated carbocycles. The molecule has 3 aromatic rings. The Kier molecular flexibility index (Phi) is 6.19. The lowest BCUT2D eigenvalue weighted by Gasteiger charge is -2.28. The van der Waals surface area contributed by atoms with Crippen LogP contribution in [-0.4, -0.2) is 37.2 Å². The minimum Gasteiger partial charge on any atom is -0.378 e. The molecule has 166 valence electrons. The number of aromatic amines is 1. The molecule has 3 N–H and O–H groups in total. The van der Waals surface area contributed by atoms with Gasteiger partial charge in [-0.15, -0.1) is 0 Å². The first kappa shape index (κ1) is 21.9. The summed E-state index contributed by atoms with van der Waals surface area (Å²) in [5.41, 5.74) is 14.8. The largest absolute Gasteiger partial charge is 0.378 e. The van der Waals surface area contributed by atoms with Crippen molar-refractivity contribution in [1.82, 2.24) is 4.98 Å². The van der Waals surface area contributed by atoms with Gasteiger partial charge in [-0.25, -0.2) is 0 Å². The van der Waals surface area contributed by atoms with Gasteiger partial charge < -0.3 is 20.4 Å². The summed E-state index contributed by atoms with van der Waals surface area (Å²) in [5.74, 6) is -0.448. The number of carbonyl (C=O) groups is 1. The molecule has 0 radical (unpaired) electrons. The molecular formula is C27H31N3O2. The number of allylic oxidation sites excluding steroid dienone is 3. The van der Waals surface area contributed by atoms with Gasteiger partial charge in [0.25, 0.3) is 5.91 Å². The highest BCUT2D eigenvalue weighted by molar-refractivity contribution is 6.21. The molecule has 0 spiro atoms. The maximum atomic E-state index is 12.5. The highest BCUT2D eigenvalue weighted by Gasteiger charge is 2.18. The predicted molar refractivity (Wildman–Crippen MR) is 133 cm³/mol. The van der Waals surface area contributed by atoms with Crippen LogP contribution in [0.5, 0.6) is 0 Å². The number of nitrogens with zero attached hydrogens (tertiary/aromatic N) is 1. The molecule has 1 fully saturated rings. The van der Waals surface area contributed by atoms with E-state index in [0.29, 0.717) is 5.57 Å². The molecule has 32 heavy (non-hydrogen) atoms. The van der Waals surface area contributed by atoms with Crippen LogP contribution < -0.4 is 10.6 Å². The van der Waals surface area contributed by atoms with Gasteiger partial charge in [-0.05, 0) is 73.7 Å². The maximum Gasteiger partial charge on any atom is 0.250 e. The van der Waals surface area contributed by atoms with Gasteiger partial charge >= 0.3 is 0 Å². The Morgan fingerprint density at radius 3 is 2.47 bits per heavy atom. The van der Waals surface area contributed by atoms with E-state index in [-0.39, 0.29) is 0 Å². The predicted octanol–water partition coefficient (Wildman–Crippen LogP) is 4.90. The van der Waals surface area contributed by atoms with E-state index in [2.05, 4.69) is 60.1 Å². The fraction of sp³-hybridized carbons (Fsp3) is 0.296. The van der Waals surface area contributed by atoms with E-state index in [1.165, 1.54) is 11.1 Å². The zero-order chi connectivity index (χ0) is 22.8. The molecular weight excluding hydrogens is 398 g/mol. The Balaban J connectivity index is 1.77. The van der Waals surface area contributed by atoms with Crippen LogP contribution in [0.25, 0.3) is 22.0 Å². The highest BCUT2D eigenvalue weighted by Crippen LogP contribution is 2.32. The van der Waals surface area contributed by atoms with Gasteiger partial charge in [-0.3, -0.25) is 4.79 Å². The molecule has 4 rings (SSSR count). The van der Waals surface area contributed by atoms with Crippen molar-refractivity contribution in [2.24, 2.45) is 5.73 Å². The minimum atomic E-state index is -0.448. The van der Waals surface area contributed by atoms with Crippen LogP contribution in [0, 0.1) is 20.8 Å². The van der Waals surface area contributed by atoms with Crippen LogP contribution in [0.2, 0.25) is 0 Å². The van der Waals surface area contributed by atoms with Gasteiger partial charge in [0.15, 0.2) is 0 Å². The summed E-state index contributed by atoms with van der Waals surface area (Å²) in [6.07, 6.45) is 3.91. The third kappa shape index (κ3) is 4.21. The molecule has 0 atom stereocenters. The van der Waals surface area contributed by atoms with Gasteiger partial charge in [0, 0.05) is 29.7 Å². The SMILES string of the molecule is C/C=C(/C=C(/C(N)=O)c1[nH]c2cc(N3CCOCC3)ccc2c1C)c1ccc(C)c(C)c1. The quantitative estimate of drug-likeness (QED) is 0.448. The van der Waals surface area contributed by atoms with Crippen LogP contribution >= 0.6 is 0 Å². The van der Waals surface area contributed by atoms with Crippen molar-refractivity contribution in [2.75, 3.05) is 31.2 Å². The number of anilines is 1. The van der Waals surface area contributed by atoms with Crippen molar-refractivity contribution in [2.45, 2.75) is 27.7 Å². The number of H-pyrrole nitrogens is 1. The number of morpholine rings is 1. The molecule has 5 nitrogen and oxygen atoms in total. The van der Waals surface area contributed by atoms with Gasteiger partial charge in [0.05, 0.1) is 24.5 Å². The van der Waals surface area contributed by atoms with E-state index in [1.54, 1.807) is 0 Å². The van der Waals surface area contributed by atoms with Crippen molar-refractivity contribution in [3.05, 3.63) is 76.5 Å². The van der Waals surface area contributed by atoms with Crippen molar-refractivity contribution in [1.29, 1.82) is 0 Å². The average Bonchev–Trinajstić information content (AvgIpc) is 3.12. The lowest BCUT2D eigenvalue weighted by molar-refractivity contribution is -0.112. The number of aryl methyl sites for hydroxylation is 3. The molecule has 0 unspecified atom stereocenters. The van der Waals surface area contributed by atoms with E-state index >= 15 is 0 Å². The Hall–Kier alpha value is -3.31. The summed E-state index contributed by atoms with van der Waals surface area (Å²) in [6.45, 7) is 11.4. The first-order valence-corrected chi connectivity index (χ1v) is 11.1. The fourth-order valence-electron chi connectivity index (χ4n) is 4.29. The van der Waals surface area contributed by atoms with E-state index < -0.39 is 5.91 Å². The van der Waals surface area contributed by atoms with Gasteiger partial charge in [-0.1, -0.05) is 30.3 Å². The number of benzene rings is 2. The number of carbonyl (C=O) groups excluding carboxylic acids is 1. The third-order valence-electron chi connectivity index (χ3n) is 6.40. The lowest BCUT2D eigenvalue weighted by Crippen LogP contribution is -2.36. The molecule has 5 heteroatoms. The molecule has 1 aliphatic rings. The topological polar surface area (TPSA) is 71.4 Å². The second-order valence-electron chi connectivity index (χ2n) is 8.42. The summed E-state index contributed by atoms with van der Waals surface area (Å²) in [4.78, 5) is 18.3. The lowest BCUT2D eigenvalue weighted by atomic mass is 9.96. The van der Waals surface area contributed by atoms with Crippen LogP contribution in [0.1, 0.15) is 34.9 Å². The maximum absolute atomic E-state index is 12.5. The molecule has 0 bridgehead atoms. The number of aromatic nitrogens is 1. The second-order valence-corrected chi connectivity index (χ2v) is 8.42. The summed E-state index contributed by atoms with van der Waals surface area (Å²) >= 11 is 0. The number of primary amides is 1. The standard InChI is InChI=1S/C27H31N3O2/c1-5-20(21-7-6-17(2)18(3)14-21)15-24(27(28)31)26-19(4)23-9-8-22(16-25(23)29-26)30-10-12-32-13-11-30/h5-9,14-16,29H,10-13H2,1-4H3,(H2,28,31)/b20-5-,24-15+. The second kappa shape index (κ2) is 9.05. The molecule has 2 heterocycles. The summed E-state index contributed by atoms with van der Waals surface area (Å²) < 4.78 is 5.47. The number of rotatable bonds is 5. The van der Waals surface area contributed by atoms with E-state index in [0.717, 1.165) is 65.3 Å². The van der Waals surface area contributed by atoms with Crippen LogP contribution in [-0.2, 0) is 9.53 Å². The van der Waals surface area contributed by atoms with E-state index in [1.807, 2.05) is 26.0 Å². The van der Waals surface area contributed by atoms with Crippen LogP contribution in [0.4, 0.5) is 5.69 Å². The molecule has 1 saturated heterocycles. The number of amides is 1. The van der Waals surface area contributed by atoms with E-state index in [4.69, 9.17) is 10.5 Å². The summed E-state index contributed by atoms with van der Waals surface area (Å²) in [7, 11) is 0. The molecule has 2 aromatic carbocycles. The normalized spacial score (nSPS) is 15.4. The van der Waals surface area contributed by atoms with Crippen molar-refractivity contribution in [3.63, 3.8) is 0 Å². The zero-order valence-corrected chi connectivity index (χ0v) is 19.3. The van der Waals surface area contributed by atoms with Crippen molar-refractivity contribution < 1.29 is 9.53 Å².